The summed E-state index contributed by atoms with van der Waals surface area (Å²) in [5, 5.41) is 0. The first-order valence-corrected chi connectivity index (χ1v) is 6.60. The predicted molar refractivity (Wildman–Crippen MR) is 73.5 cm³/mol. The molecule has 1 radical (unpaired) electrons. The van der Waals surface area contributed by atoms with Gasteiger partial charge in [-0.05, 0) is 51.4 Å². The van der Waals surface area contributed by atoms with Crippen molar-refractivity contribution in [1.82, 2.24) is 0 Å². The Balaban J connectivity index is 0.000000284. The van der Waals surface area contributed by atoms with E-state index >= 15 is 0 Å². The summed E-state index contributed by atoms with van der Waals surface area (Å²) in [7, 11) is 0. The number of hydrogen-bond donors (Lipinski definition) is 0. The van der Waals surface area contributed by atoms with Crippen LogP contribution < -0.4 is 0 Å². The summed E-state index contributed by atoms with van der Waals surface area (Å²) >= 11 is 0. The molecular weight excluding hydrogens is 251 g/mol. The summed E-state index contributed by atoms with van der Waals surface area (Å²) in [5.41, 5.74) is 0. The molecule has 0 aromatic heterocycles. The van der Waals surface area contributed by atoms with Gasteiger partial charge in [0, 0.05) is 16.8 Å². The fraction of sp³-hybridized carbons (Fsp3) is 0.500. The van der Waals surface area contributed by atoms with Crippen LogP contribution in [0.15, 0.2) is 48.6 Å². The van der Waals surface area contributed by atoms with Gasteiger partial charge < -0.3 is 0 Å². The van der Waals surface area contributed by atoms with E-state index in [0.29, 0.717) is 0 Å². The molecule has 2 aliphatic carbocycles. The van der Waals surface area contributed by atoms with Gasteiger partial charge in [0.2, 0.25) is 0 Å². The topological polar surface area (TPSA) is 0 Å². The molecular formula is C16H24Co. The molecule has 0 saturated heterocycles. The minimum atomic E-state index is 0. The first-order chi connectivity index (χ1) is 8.00. The van der Waals surface area contributed by atoms with Crippen molar-refractivity contribution in [2.75, 3.05) is 0 Å². The minimum absolute atomic E-state index is 0. The van der Waals surface area contributed by atoms with Crippen molar-refractivity contribution in [2.45, 2.75) is 51.4 Å². The Bertz CT molecular complexity index is 179. The summed E-state index contributed by atoms with van der Waals surface area (Å²) in [4.78, 5) is 0. The molecule has 0 aromatic rings. The Labute approximate surface area is 117 Å². The van der Waals surface area contributed by atoms with Crippen LogP contribution in [0.5, 0.6) is 0 Å². The van der Waals surface area contributed by atoms with Crippen molar-refractivity contribution in [3.8, 4) is 0 Å². The van der Waals surface area contributed by atoms with Gasteiger partial charge in [-0.1, -0.05) is 48.6 Å². The fourth-order valence-corrected chi connectivity index (χ4v) is 1.71. The van der Waals surface area contributed by atoms with Crippen molar-refractivity contribution in [3.63, 3.8) is 0 Å². The molecule has 0 heterocycles. The molecule has 0 aromatic carbocycles. The molecule has 0 aliphatic heterocycles. The van der Waals surface area contributed by atoms with Gasteiger partial charge in [0.15, 0.2) is 0 Å². The summed E-state index contributed by atoms with van der Waals surface area (Å²) in [6, 6.07) is 0. The van der Waals surface area contributed by atoms with Crippen molar-refractivity contribution < 1.29 is 16.8 Å². The van der Waals surface area contributed by atoms with Gasteiger partial charge in [-0.15, -0.1) is 0 Å². The Morgan fingerprint density at radius 2 is 0.412 bits per heavy atom. The zero-order valence-electron chi connectivity index (χ0n) is 10.6. The molecule has 97 valence electrons. The maximum absolute atomic E-state index is 2.27. The molecule has 0 nitrogen and oxygen atoms in total. The van der Waals surface area contributed by atoms with E-state index < -0.39 is 0 Å². The SMILES string of the molecule is C1=C\CC/C=C\CC/1.C1=C\CC/C=C\CC/1.[Co]. The van der Waals surface area contributed by atoms with Gasteiger partial charge in [-0.25, -0.2) is 0 Å². The minimum Gasteiger partial charge on any atom is -0.0882 e. The molecule has 0 saturated carbocycles. The fourth-order valence-electron chi connectivity index (χ4n) is 1.71. The van der Waals surface area contributed by atoms with Gasteiger partial charge in [0.05, 0.1) is 0 Å². The monoisotopic (exact) mass is 275 g/mol. The third-order valence-electron chi connectivity index (χ3n) is 2.67. The van der Waals surface area contributed by atoms with Gasteiger partial charge in [0.1, 0.15) is 0 Å². The van der Waals surface area contributed by atoms with Crippen molar-refractivity contribution in [1.29, 1.82) is 0 Å². The third-order valence-corrected chi connectivity index (χ3v) is 2.67. The van der Waals surface area contributed by atoms with Gasteiger partial charge >= 0.3 is 0 Å². The van der Waals surface area contributed by atoms with Crippen LogP contribution in [0.2, 0.25) is 0 Å². The summed E-state index contributed by atoms with van der Waals surface area (Å²) in [6.45, 7) is 0. The van der Waals surface area contributed by atoms with Crippen LogP contribution in [0.1, 0.15) is 51.4 Å². The third kappa shape index (κ3) is 11.7. The Morgan fingerprint density at radius 3 is 0.529 bits per heavy atom. The van der Waals surface area contributed by atoms with Gasteiger partial charge in [0.25, 0.3) is 0 Å². The summed E-state index contributed by atoms with van der Waals surface area (Å²) in [6.07, 6.45) is 28.0. The van der Waals surface area contributed by atoms with E-state index in [2.05, 4.69) is 48.6 Å². The molecule has 2 rings (SSSR count). The summed E-state index contributed by atoms with van der Waals surface area (Å²) < 4.78 is 0. The van der Waals surface area contributed by atoms with Crippen LogP contribution >= 0.6 is 0 Å². The molecule has 0 spiro atoms. The quantitative estimate of drug-likeness (QED) is 0.523. The van der Waals surface area contributed by atoms with Crippen LogP contribution in [0.3, 0.4) is 0 Å². The Morgan fingerprint density at radius 1 is 0.294 bits per heavy atom. The predicted octanol–water partition coefficient (Wildman–Crippen LogP) is 5.34. The molecule has 0 bridgehead atoms. The molecule has 0 amide bonds. The normalized spacial score (nSPS) is 26.4. The first kappa shape index (κ1) is 16.5. The number of hydrogen-bond acceptors (Lipinski definition) is 0. The van der Waals surface area contributed by atoms with Crippen LogP contribution in [-0.4, -0.2) is 0 Å². The van der Waals surface area contributed by atoms with Crippen molar-refractivity contribution in [2.24, 2.45) is 0 Å². The number of rotatable bonds is 0. The molecule has 17 heavy (non-hydrogen) atoms. The smallest absolute Gasteiger partial charge is 0 e. The maximum Gasteiger partial charge on any atom is 0 e. The standard InChI is InChI=1S/2C8H12.Co/c2*1-2-4-6-8-7-5-3-1;/h2*1-2,7-8H,3-6H2;/b2*2-1-,8-7-;. The Kier molecular flexibility index (Phi) is 13.1. The second-order valence-corrected chi connectivity index (χ2v) is 4.20. The Hall–Kier alpha value is -0.534. The number of allylic oxidation sites excluding steroid dienone is 8. The molecule has 0 N–H and O–H groups in total. The first-order valence-electron chi connectivity index (χ1n) is 6.60. The van der Waals surface area contributed by atoms with Crippen LogP contribution in [0, 0.1) is 0 Å². The van der Waals surface area contributed by atoms with E-state index in [4.69, 9.17) is 0 Å². The summed E-state index contributed by atoms with van der Waals surface area (Å²) in [5.74, 6) is 0. The molecule has 0 atom stereocenters. The van der Waals surface area contributed by atoms with E-state index in [1.807, 2.05) is 0 Å². The second-order valence-electron chi connectivity index (χ2n) is 4.20. The van der Waals surface area contributed by atoms with E-state index in [0.717, 1.165) is 0 Å². The van der Waals surface area contributed by atoms with E-state index in [1.165, 1.54) is 51.4 Å². The van der Waals surface area contributed by atoms with Crippen molar-refractivity contribution >= 4 is 0 Å². The molecule has 1 heteroatoms. The van der Waals surface area contributed by atoms with Crippen molar-refractivity contribution in [3.05, 3.63) is 48.6 Å². The van der Waals surface area contributed by atoms with Crippen LogP contribution in [-0.2, 0) is 16.8 Å². The van der Waals surface area contributed by atoms with Crippen LogP contribution in [0.25, 0.3) is 0 Å². The van der Waals surface area contributed by atoms with Gasteiger partial charge in [-0.3, -0.25) is 0 Å². The maximum atomic E-state index is 2.27. The second kappa shape index (κ2) is 13.5. The van der Waals surface area contributed by atoms with E-state index in [-0.39, 0.29) is 16.8 Å². The van der Waals surface area contributed by atoms with E-state index in [1.54, 1.807) is 0 Å². The molecule has 0 fully saturated rings. The largest absolute Gasteiger partial charge is 0.0882 e. The molecule has 2 aliphatic rings. The van der Waals surface area contributed by atoms with Crippen LogP contribution in [0.4, 0.5) is 0 Å². The van der Waals surface area contributed by atoms with Gasteiger partial charge in [-0.2, -0.15) is 0 Å². The average Bonchev–Trinajstić information content (AvgIpc) is 2.15. The zero-order chi connectivity index (χ0) is 11.3. The molecule has 0 unspecified atom stereocenters. The zero-order valence-corrected chi connectivity index (χ0v) is 11.7. The average molecular weight is 275 g/mol. The van der Waals surface area contributed by atoms with E-state index in [9.17, 15) is 0 Å².